The summed E-state index contributed by atoms with van der Waals surface area (Å²) < 4.78 is 81.5. The van der Waals surface area contributed by atoms with E-state index in [1.54, 1.807) is 0 Å². The molecule has 0 aromatic carbocycles. The van der Waals surface area contributed by atoms with Crippen molar-refractivity contribution in [2.75, 3.05) is 16.8 Å². The number of fused-ring (bicyclic) bond motifs is 3. The second-order valence-corrected chi connectivity index (χ2v) is 7.42. The number of anilines is 2. The number of aliphatic hydroxyl groups excluding tert-OH is 1. The van der Waals surface area contributed by atoms with Crippen molar-refractivity contribution in [1.29, 1.82) is 0 Å². The summed E-state index contributed by atoms with van der Waals surface area (Å²) in [5.74, 6) is 0. The Balaban J connectivity index is 1.75. The summed E-state index contributed by atoms with van der Waals surface area (Å²) in [6.45, 7) is 0.159. The maximum Gasteiger partial charge on any atom is 0.435 e. The van der Waals surface area contributed by atoms with E-state index in [1.165, 1.54) is 6.07 Å². The minimum Gasteiger partial charge on any atom is -0.356 e. The highest BCUT2D eigenvalue weighted by molar-refractivity contribution is 6.29. The second-order valence-electron chi connectivity index (χ2n) is 7.03. The number of nitrogens with one attached hydrogen (secondary N) is 1. The summed E-state index contributed by atoms with van der Waals surface area (Å²) in [5, 5.41) is 22.8. The quantitative estimate of drug-likeness (QED) is 0.451. The Hall–Kier alpha value is -2.87. The fourth-order valence-electron chi connectivity index (χ4n) is 3.38. The van der Waals surface area contributed by atoms with Gasteiger partial charge in [-0.25, -0.2) is 9.50 Å². The molecule has 1 aliphatic rings. The van der Waals surface area contributed by atoms with Crippen LogP contribution in [0.3, 0.4) is 0 Å². The van der Waals surface area contributed by atoms with Crippen LogP contribution in [0.5, 0.6) is 0 Å². The molecule has 0 bridgehead atoms. The highest BCUT2D eigenvalue weighted by Gasteiger charge is 2.60. The average molecular weight is 468 g/mol. The van der Waals surface area contributed by atoms with Gasteiger partial charge in [-0.1, -0.05) is 11.6 Å². The van der Waals surface area contributed by atoms with Gasteiger partial charge in [-0.2, -0.15) is 36.5 Å². The van der Waals surface area contributed by atoms with Crippen LogP contribution in [0.4, 0.5) is 37.7 Å². The van der Waals surface area contributed by atoms with Crippen molar-refractivity contribution in [2.45, 2.75) is 31.0 Å². The zero-order valence-electron chi connectivity index (χ0n) is 15.4. The molecule has 166 valence electrons. The van der Waals surface area contributed by atoms with E-state index in [0.717, 1.165) is 28.7 Å². The SMILES string of the molecule is C[C@@]1(C(F)(F)F)CN(C(O)Nc2cnnc(C(F)(F)F)c2)c2cnc3cc(Cl)nn3c21. The monoisotopic (exact) mass is 467 g/mol. The lowest BCUT2D eigenvalue weighted by Crippen LogP contribution is -2.48. The summed E-state index contributed by atoms with van der Waals surface area (Å²) in [6, 6.07) is 1.85. The smallest absolute Gasteiger partial charge is 0.356 e. The molecule has 0 amide bonds. The van der Waals surface area contributed by atoms with Crippen LogP contribution in [0.1, 0.15) is 18.3 Å². The van der Waals surface area contributed by atoms with E-state index in [0.29, 0.717) is 6.07 Å². The predicted octanol–water partition coefficient (Wildman–Crippen LogP) is 3.22. The Labute approximate surface area is 174 Å². The highest BCUT2D eigenvalue weighted by atomic mass is 35.5. The van der Waals surface area contributed by atoms with Crippen molar-refractivity contribution >= 4 is 28.6 Å². The van der Waals surface area contributed by atoms with Gasteiger partial charge in [-0.3, -0.25) is 0 Å². The molecule has 4 rings (SSSR count). The molecule has 3 aromatic rings. The van der Waals surface area contributed by atoms with Gasteiger partial charge in [-0.15, -0.1) is 5.10 Å². The standard InChI is InChI=1S/C16H12ClF6N7O/c1-14(16(21,22)23)6-29(8-5-24-11-3-10(17)28-30(11)12(8)14)13(31)26-7-2-9(15(18,19)20)27-25-4-7/h2-5,13,31H,6H2,1H3,(H,26,27)/t13?,14-/m1/s1. The molecular formula is C16H12ClF6N7O. The summed E-state index contributed by atoms with van der Waals surface area (Å²) in [4.78, 5) is 4.92. The van der Waals surface area contributed by atoms with Gasteiger partial charge in [0.1, 0.15) is 5.41 Å². The van der Waals surface area contributed by atoms with Crippen LogP contribution in [-0.4, -0.2) is 49.0 Å². The number of hydrogen-bond donors (Lipinski definition) is 2. The largest absolute Gasteiger partial charge is 0.435 e. The van der Waals surface area contributed by atoms with Crippen molar-refractivity contribution < 1.29 is 31.4 Å². The van der Waals surface area contributed by atoms with Gasteiger partial charge >= 0.3 is 12.4 Å². The van der Waals surface area contributed by atoms with Crippen LogP contribution in [0, 0.1) is 0 Å². The molecule has 8 nitrogen and oxygen atoms in total. The van der Waals surface area contributed by atoms with Gasteiger partial charge in [-0.05, 0) is 13.0 Å². The summed E-state index contributed by atoms with van der Waals surface area (Å²) in [7, 11) is 0. The van der Waals surface area contributed by atoms with Gasteiger partial charge in [0.05, 0.1) is 29.5 Å². The third-order valence-corrected chi connectivity index (χ3v) is 5.10. The highest BCUT2D eigenvalue weighted by Crippen LogP contribution is 2.50. The normalized spacial score (nSPS) is 20.2. The third-order valence-electron chi connectivity index (χ3n) is 4.91. The molecular weight excluding hydrogens is 456 g/mol. The molecule has 15 heteroatoms. The fourth-order valence-corrected chi connectivity index (χ4v) is 3.55. The van der Waals surface area contributed by atoms with Crippen LogP contribution in [0.2, 0.25) is 5.15 Å². The van der Waals surface area contributed by atoms with Gasteiger partial charge in [0.2, 0.25) is 6.35 Å². The van der Waals surface area contributed by atoms with Gasteiger partial charge in [0, 0.05) is 12.6 Å². The molecule has 3 aromatic heterocycles. The number of halogens is 7. The van der Waals surface area contributed by atoms with E-state index >= 15 is 0 Å². The number of hydrogen-bond acceptors (Lipinski definition) is 7. The first-order valence-electron chi connectivity index (χ1n) is 8.54. The molecule has 0 radical (unpaired) electrons. The van der Waals surface area contributed by atoms with E-state index in [2.05, 4.69) is 25.6 Å². The first kappa shape index (κ1) is 21.4. The molecule has 0 saturated carbocycles. The molecule has 0 saturated heterocycles. The second kappa shape index (κ2) is 6.82. The maximum atomic E-state index is 14.0. The molecule has 1 aliphatic heterocycles. The molecule has 4 heterocycles. The van der Waals surface area contributed by atoms with Crippen molar-refractivity contribution in [2.24, 2.45) is 0 Å². The van der Waals surface area contributed by atoms with E-state index < -0.39 is 36.4 Å². The molecule has 1 unspecified atom stereocenters. The average Bonchev–Trinajstić information content (AvgIpc) is 3.18. The maximum absolute atomic E-state index is 14.0. The van der Waals surface area contributed by atoms with Crippen LogP contribution < -0.4 is 10.2 Å². The van der Waals surface area contributed by atoms with Crippen LogP contribution in [0.15, 0.2) is 24.5 Å². The Morgan fingerprint density at radius 3 is 2.55 bits per heavy atom. The van der Waals surface area contributed by atoms with E-state index in [9.17, 15) is 31.4 Å². The predicted molar refractivity (Wildman–Crippen MR) is 95.4 cm³/mol. The zero-order valence-corrected chi connectivity index (χ0v) is 16.1. The van der Waals surface area contributed by atoms with Crippen LogP contribution >= 0.6 is 11.6 Å². The minimum atomic E-state index is -4.79. The Bertz CT molecular complexity index is 1150. The van der Waals surface area contributed by atoms with E-state index in [1.807, 2.05) is 0 Å². The van der Waals surface area contributed by atoms with Crippen molar-refractivity contribution in [3.05, 3.63) is 41.1 Å². The molecule has 0 aliphatic carbocycles. The Kier molecular flexibility index (Phi) is 4.70. The van der Waals surface area contributed by atoms with Crippen LogP contribution in [-0.2, 0) is 11.6 Å². The van der Waals surface area contributed by atoms with Crippen molar-refractivity contribution in [3.8, 4) is 0 Å². The Morgan fingerprint density at radius 2 is 1.90 bits per heavy atom. The van der Waals surface area contributed by atoms with Crippen molar-refractivity contribution in [3.63, 3.8) is 0 Å². The Morgan fingerprint density at radius 1 is 1.19 bits per heavy atom. The molecule has 0 fully saturated rings. The minimum absolute atomic E-state index is 0.0664. The number of alkyl halides is 6. The van der Waals surface area contributed by atoms with Gasteiger partial charge in [0.15, 0.2) is 16.5 Å². The number of aliphatic hydroxyl groups is 1. The lowest BCUT2D eigenvalue weighted by Gasteiger charge is -2.31. The number of nitrogens with zero attached hydrogens (tertiary/aromatic N) is 6. The lowest BCUT2D eigenvalue weighted by atomic mass is 9.87. The first-order valence-corrected chi connectivity index (χ1v) is 8.92. The molecule has 2 atom stereocenters. The van der Waals surface area contributed by atoms with Gasteiger partial charge < -0.3 is 15.3 Å². The topological polar surface area (TPSA) is 91.5 Å². The third kappa shape index (κ3) is 3.48. The summed E-state index contributed by atoms with van der Waals surface area (Å²) >= 11 is 5.82. The molecule has 31 heavy (non-hydrogen) atoms. The zero-order chi connectivity index (χ0) is 22.8. The molecule has 0 spiro atoms. The first-order chi connectivity index (χ1) is 14.3. The molecule has 2 N–H and O–H groups in total. The number of rotatable bonds is 3. The van der Waals surface area contributed by atoms with Crippen LogP contribution in [0.25, 0.3) is 5.65 Å². The van der Waals surface area contributed by atoms with Crippen molar-refractivity contribution in [1.82, 2.24) is 24.8 Å². The summed E-state index contributed by atoms with van der Waals surface area (Å²) in [5.41, 5.74) is -4.49. The van der Waals surface area contributed by atoms with E-state index in [4.69, 9.17) is 11.6 Å². The summed E-state index contributed by atoms with van der Waals surface area (Å²) in [6.07, 6.45) is -9.40. The lowest BCUT2D eigenvalue weighted by molar-refractivity contribution is -0.182. The van der Waals surface area contributed by atoms with E-state index in [-0.39, 0.29) is 27.9 Å². The fraction of sp³-hybridized carbons (Fsp3) is 0.375. The van der Waals surface area contributed by atoms with Gasteiger partial charge in [0.25, 0.3) is 0 Å². The number of aromatic nitrogens is 5.